The summed E-state index contributed by atoms with van der Waals surface area (Å²) in [4.78, 5) is 11.2. The van der Waals surface area contributed by atoms with E-state index < -0.39 is 0 Å². The van der Waals surface area contributed by atoms with Crippen molar-refractivity contribution < 1.29 is 4.74 Å². The number of hydrogen-bond donors (Lipinski definition) is 1. The van der Waals surface area contributed by atoms with Crippen molar-refractivity contribution in [3.8, 4) is 5.88 Å². The summed E-state index contributed by atoms with van der Waals surface area (Å²) in [5.74, 6) is 1.02. The molecule has 0 atom stereocenters. The van der Waals surface area contributed by atoms with Crippen molar-refractivity contribution in [2.24, 2.45) is 5.73 Å². The van der Waals surface area contributed by atoms with Crippen molar-refractivity contribution >= 4 is 44.8 Å². The van der Waals surface area contributed by atoms with Gasteiger partial charge in [-0.15, -0.1) is 0 Å². The monoisotopic (exact) mass is 366 g/mol. The minimum Gasteiger partial charge on any atom is -0.480 e. The summed E-state index contributed by atoms with van der Waals surface area (Å²) >= 11 is 8.31. The molecule has 0 saturated heterocycles. The van der Waals surface area contributed by atoms with Crippen molar-refractivity contribution in [1.82, 2.24) is 9.97 Å². The maximum Gasteiger partial charge on any atom is 0.233 e. The fourth-order valence-electron chi connectivity index (χ4n) is 1.79. The maximum atomic E-state index is 5.61. The van der Waals surface area contributed by atoms with Gasteiger partial charge < -0.3 is 15.4 Å². The molecule has 0 aliphatic heterocycles. The Kier molecular flexibility index (Phi) is 5.46. The molecule has 0 radical (unpaired) electrons. The van der Waals surface area contributed by atoms with Crippen LogP contribution in [0.4, 0.5) is 11.6 Å². The normalized spacial score (nSPS) is 10.2. The van der Waals surface area contributed by atoms with Crippen molar-refractivity contribution in [3.63, 3.8) is 0 Å². The SMILES string of the molecule is COc1nc(N(CCC(N)=S)c2ccccc2)ncc1Br. The van der Waals surface area contributed by atoms with E-state index in [2.05, 4.69) is 25.9 Å². The number of nitrogens with zero attached hydrogens (tertiary/aromatic N) is 3. The van der Waals surface area contributed by atoms with Gasteiger partial charge in [0, 0.05) is 18.7 Å². The van der Waals surface area contributed by atoms with Gasteiger partial charge in [-0.1, -0.05) is 30.4 Å². The number of methoxy groups -OCH3 is 1. The summed E-state index contributed by atoms with van der Waals surface area (Å²) in [6.07, 6.45) is 2.24. The number of para-hydroxylation sites is 1. The van der Waals surface area contributed by atoms with Crippen LogP contribution < -0.4 is 15.4 Å². The summed E-state index contributed by atoms with van der Waals surface area (Å²) in [5, 5.41) is 0. The van der Waals surface area contributed by atoms with Crippen LogP contribution in [0.2, 0.25) is 0 Å². The van der Waals surface area contributed by atoms with Gasteiger partial charge in [0.1, 0.15) is 0 Å². The van der Waals surface area contributed by atoms with Gasteiger partial charge in [0.2, 0.25) is 11.8 Å². The second-order valence-electron chi connectivity index (χ2n) is 4.23. The number of nitrogens with two attached hydrogens (primary N) is 1. The first-order chi connectivity index (χ1) is 10.1. The van der Waals surface area contributed by atoms with Crippen LogP contribution in [0.25, 0.3) is 0 Å². The molecule has 0 unspecified atom stereocenters. The van der Waals surface area contributed by atoms with Crippen LogP contribution in [0.3, 0.4) is 0 Å². The van der Waals surface area contributed by atoms with E-state index in [0.29, 0.717) is 34.3 Å². The predicted molar refractivity (Wildman–Crippen MR) is 91.1 cm³/mol. The van der Waals surface area contributed by atoms with E-state index in [1.165, 1.54) is 0 Å². The number of halogens is 1. The Balaban J connectivity index is 2.37. The van der Waals surface area contributed by atoms with E-state index in [9.17, 15) is 0 Å². The molecule has 0 fully saturated rings. The zero-order chi connectivity index (χ0) is 15.2. The molecule has 1 aromatic carbocycles. The molecule has 2 N–H and O–H groups in total. The van der Waals surface area contributed by atoms with Gasteiger partial charge in [-0.3, -0.25) is 0 Å². The second kappa shape index (κ2) is 7.33. The molecule has 7 heteroatoms. The summed E-state index contributed by atoms with van der Waals surface area (Å²) in [5.41, 5.74) is 6.58. The molecule has 5 nitrogen and oxygen atoms in total. The second-order valence-corrected chi connectivity index (χ2v) is 5.61. The maximum absolute atomic E-state index is 5.61. The lowest BCUT2D eigenvalue weighted by Crippen LogP contribution is -2.24. The van der Waals surface area contributed by atoms with E-state index in [1.807, 2.05) is 35.2 Å². The summed E-state index contributed by atoms with van der Waals surface area (Å²) in [6.45, 7) is 0.601. The Morgan fingerprint density at radius 2 is 2.10 bits per heavy atom. The first kappa shape index (κ1) is 15.7. The molecular weight excluding hydrogens is 352 g/mol. The number of rotatable bonds is 6. The highest BCUT2D eigenvalue weighted by molar-refractivity contribution is 9.10. The molecular formula is C14H15BrN4OS. The van der Waals surface area contributed by atoms with E-state index in [4.69, 9.17) is 22.7 Å². The first-order valence-corrected chi connectivity index (χ1v) is 7.49. The number of benzene rings is 1. The topological polar surface area (TPSA) is 64.3 Å². The van der Waals surface area contributed by atoms with Gasteiger partial charge in [-0.25, -0.2) is 4.98 Å². The van der Waals surface area contributed by atoms with Crippen molar-refractivity contribution in [2.45, 2.75) is 6.42 Å². The van der Waals surface area contributed by atoms with Gasteiger partial charge in [0.05, 0.1) is 22.8 Å². The van der Waals surface area contributed by atoms with Crippen molar-refractivity contribution in [3.05, 3.63) is 41.0 Å². The lowest BCUT2D eigenvalue weighted by atomic mass is 10.2. The third-order valence-electron chi connectivity index (χ3n) is 2.78. The van der Waals surface area contributed by atoms with Crippen LogP contribution >= 0.6 is 28.1 Å². The van der Waals surface area contributed by atoms with Gasteiger partial charge in [-0.2, -0.15) is 4.98 Å². The number of ether oxygens (including phenoxy) is 1. The van der Waals surface area contributed by atoms with Crippen LogP contribution in [0, 0.1) is 0 Å². The van der Waals surface area contributed by atoms with Crippen molar-refractivity contribution in [1.29, 1.82) is 0 Å². The zero-order valence-electron chi connectivity index (χ0n) is 11.5. The van der Waals surface area contributed by atoms with Gasteiger partial charge in [0.15, 0.2) is 0 Å². The molecule has 0 bridgehead atoms. The Hall–Kier alpha value is -1.73. The lowest BCUT2D eigenvalue weighted by Gasteiger charge is -2.23. The average molecular weight is 367 g/mol. The standard InChI is InChI=1S/C14H15BrN4OS/c1-20-13-11(15)9-17-14(18-13)19(8-7-12(16)21)10-5-3-2-4-6-10/h2-6,9H,7-8H2,1H3,(H2,16,21). The minimum atomic E-state index is 0.458. The molecule has 2 aromatic rings. The quantitative estimate of drug-likeness (QED) is 0.792. The summed E-state index contributed by atoms with van der Waals surface area (Å²) < 4.78 is 5.93. The minimum absolute atomic E-state index is 0.458. The Bertz CT molecular complexity index is 624. The molecule has 1 aromatic heterocycles. The molecule has 2 rings (SSSR count). The van der Waals surface area contributed by atoms with Crippen LogP contribution in [-0.4, -0.2) is 28.6 Å². The molecule has 0 aliphatic carbocycles. The fourth-order valence-corrected chi connectivity index (χ4v) is 2.23. The van der Waals surface area contributed by atoms with Gasteiger partial charge in [0.25, 0.3) is 0 Å². The third-order valence-corrected chi connectivity index (χ3v) is 3.53. The van der Waals surface area contributed by atoms with E-state index in [1.54, 1.807) is 13.3 Å². The van der Waals surface area contributed by atoms with Crippen molar-refractivity contribution in [2.75, 3.05) is 18.6 Å². The highest BCUT2D eigenvalue weighted by atomic mass is 79.9. The largest absolute Gasteiger partial charge is 0.480 e. The Morgan fingerprint density at radius 1 is 1.38 bits per heavy atom. The summed E-state index contributed by atoms with van der Waals surface area (Å²) in [6, 6.07) is 9.84. The Labute approximate surface area is 137 Å². The highest BCUT2D eigenvalue weighted by Gasteiger charge is 2.14. The average Bonchev–Trinajstić information content (AvgIpc) is 2.49. The third kappa shape index (κ3) is 4.12. The first-order valence-electron chi connectivity index (χ1n) is 6.29. The van der Waals surface area contributed by atoms with Crippen LogP contribution in [0.5, 0.6) is 5.88 Å². The molecule has 0 aliphatic rings. The van der Waals surface area contributed by atoms with Crippen LogP contribution in [-0.2, 0) is 0 Å². The summed E-state index contributed by atoms with van der Waals surface area (Å²) in [7, 11) is 1.57. The van der Waals surface area contributed by atoms with Crippen LogP contribution in [0.1, 0.15) is 6.42 Å². The molecule has 110 valence electrons. The molecule has 0 spiro atoms. The lowest BCUT2D eigenvalue weighted by molar-refractivity contribution is 0.394. The zero-order valence-corrected chi connectivity index (χ0v) is 13.9. The molecule has 21 heavy (non-hydrogen) atoms. The fraction of sp³-hybridized carbons (Fsp3) is 0.214. The molecule has 0 saturated carbocycles. The highest BCUT2D eigenvalue weighted by Crippen LogP contribution is 2.27. The van der Waals surface area contributed by atoms with Gasteiger partial charge in [-0.05, 0) is 28.1 Å². The number of anilines is 2. The Morgan fingerprint density at radius 3 is 2.71 bits per heavy atom. The molecule has 1 heterocycles. The smallest absolute Gasteiger partial charge is 0.233 e. The van der Waals surface area contributed by atoms with E-state index in [0.717, 1.165) is 5.69 Å². The number of hydrogen-bond acceptors (Lipinski definition) is 5. The van der Waals surface area contributed by atoms with E-state index >= 15 is 0 Å². The predicted octanol–water partition coefficient (Wildman–Crippen LogP) is 3.06. The molecule has 0 amide bonds. The number of thiocarbonyl (C=S) groups is 1. The number of aromatic nitrogens is 2. The van der Waals surface area contributed by atoms with Gasteiger partial charge >= 0.3 is 0 Å². The van der Waals surface area contributed by atoms with Crippen LogP contribution in [0.15, 0.2) is 41.0 Å². The van der Waals surface area contributed by atoms with E-state index in [-0.39, 0.29) is 0 Å².